The highest BCUT2D eigenvalue weighted by Crippen LogP contribution is 2.30. The van der Waals surface area contributed by atoms with Gasteiger partial charge in [-0.3, -0.25) is 14.4 Å². The zero-order chi connectivity index (χ0) is 21.8. The van der Waals surface area contributed by atoms with Crippen molar-refractivity contribution in [3.05, 3.63) is 33.8 Å². The number of rotatable bonds is 10. The highest BCUT2D eigenvalue weighted by Gasteiger charge is 2.54. The summed E-state index contributed by atoms with van der Waals surface area (Å²) in [5, 5.41) is 24.4. The first-order valence-corrected chi connectivity index (χ1v) is 9.85. The van der Waals surface area contributed by atoms with Crippen LogP contribution in [0.25, 0.3) is 0 Å². The molecule has 160 valence electrons. The Labute approximate surface area is 178 Å². The number of carbonyl (C=O) groups excluding carboxylic acids is 3. The normalized spacial score (nSPS) is 20.1. The number of ketones is 1. The Bertz CT molecular complexity index is 782. The molecule has 1 heterocycles. The van der Waals surface area contributed by atoms with Crippen molar-refractivity contribution >= 4 is 40.8 Å². The molecule has 1 saturated heterocycles. The van der Waals surface area contributed by atoms with Gasteiger partial charge in [0, 0.05) is 5.56 Å². The average molecular weight is 447 g/mol. The predicted molar refractivity (Wildman–Crippen MR) is 107 cm³/mol. The minimum absolute atomic E-state index is 0.0668. The number of aliphatic hydroxyl groups is 2. The van der Waals surface area contributed by atoms with Gasteiger partial charge in [0.15, 0.2) is 11.4 Å². The Morgan fingerprint density at radius 2 is 1.79 bits per heavy atom. The van der Waals surface area contributed by atoms with E-state index in [4.69, 9.17) is 27.9 Å². The van der Waals surface area contributed by atoms with Gasteiger partial charge < -0.3 is 25.6 Å². The fraction of sp³-hybridized carbons (Fsp3) is 0.526. The molecule has 0 radical (unpaired) electrons. The van der Waals surface area contributed by atoms with Crippen LogP contribution in [0.4, 0.5) is 0 Å². The van der Waals surface area contributed by atoms with Crippen LogP contribution in [0.3, 0.4) is 0 Å². The molecule has 10 heteroatoms. The molecule has 4 N–H and O–H groups in total. The van der Waals surface area contributed by atoms with Crippen molar-refractivity contribution in [1.29, 1.82) is 0 Å². The fourth-order valence-electron chi connectivity index (χ4n) is 2.76. The van der Waals surface area contributed by atoms with Crippen molar-refractivity contribution in [2.24, 2.45) is 5.92 Å². The molecule has 0 aliphatic carbocycles. The Balaban J connectivity index is 2.08. The molecule has 1 unspecified atom stereocenters. The van der Waals surface area contributed by atoms with Crippen molar-refractivity contribution in [2.45, 2.75) is 38.0 Å². The Morgan fingerprint density at radius 3 is 2.28 bits per heavy atom. The van der Waals surface area contributed by atoms with Crippen LogP contribution < -0.4 is 10.6 Å². The zero-order valence-electron chi connectivity index (χ0n) is 16.1. The maximum Gasteiger partial charge on any atom is 0.252 e. The molecular weight excluding hydrogens is 423 g/mol. The van der Waals surface area contributed by atoms with Crippen LogP contribution in [0, 0.1) is 5.92 Å². The minimum atomic E-state index is -1.29. The lowest BCUT2D eigenvalue weighted by molar-refractivity contribution is -0.133. The molecule has 8 nitrogen and oxygen atoms in total. The smallest absolute Gasteiger partial charge is 0.252 e. The van der Waals surface area contributed by atoms with Gasteiger partial charge in [0.25, 0.3) is 5.91 Å². The number of epoxide rings is 1. The summed E-state index contributed by atoms with van der Waals surface area (Å²) in [6, 6.07) is 1.99. The van der Waals surface area contributed by atoms with Crippen LogP contribution >= 0.6 is 23.2 Å². The number of carbonyl (C=O) groups is 3. The van der Waals surface area contributed by atoms with E-state index in [1.54, 1.807) is 0 Å². The summed E-state index contributed by atoms with van der Waals surface area (Å²) < 4.78 is 5.09. The van der Waals surface area contributed by atoms with Gasteiger partial charge in [0.2, 0.25) is 5.91 Å². The second kappa shape index (κ2) is 9.86. The first kappa shape index (κ1) is 23.6. The van der Waals surface area contributed by atoms with Crippen LogP contribution in [0.5, 0.6) is 0 Å². The SMILES string of the molecule is CC(C)C[C@H](NC(=O)[C@H](CO)NC(=O)c1ccc(Cl)c(Cl)c1)C(=O)C1(CO)CO1. The number of amides is 2. The van der Waals surface area contributed by atoms with E-state index in [1.807, 2.05) is 13.8 Å². The van der Waals surface area contributed by atoms with E-state index in [2.05, 4.69) is 10.6 Å². The third kappa shape index (κ3) is 5.90. The standard InChI is InChI=1S/C19H24Cl2N2O6/c1-10(2)5-14(16(26)19(8-25)9-29-19)22-18(28)15(7-24)23-17(27)11-3-4-12(20)13(21)6-11/h3-4,6,10,14-15,24-25H,5,7-9H2,1-2H3,(H,22,28)(H,23,27)/t14-,15-,19?/m0/s1. The number of hydrogen-bond donors (Lipinski definition) is 4. The number of aliphatic hydroxyl groups excluding tert-OH is 2. The Kier molecular flexibility index (Phi) is 8.02. The van der Waals surface area contributed by atoms with E-state index >= 15 is 0 Å². The van der Waals surface area contributed by atoms with Crippen LogP contribution in [0.1, 0.15) is 30.6 Å². The van der Waals surface area contributed by atoms with Gasteiger partial charge >= 0.3 is 0 Å². The van der Waals surface area contributed by atoms with Crippen LogP contribution in [0.2, 0.25) is 10.0 Å². The number of hydrogen-bond acceptors (Lipinski definition) is 6. The molecule has 29 heavy (non-hydrogen) atoms. The summed E-state index contributed by atoms with van der Waals surface area (Å²) in [5.41, 5.74) is -1.13. The van der Waals surface area contributed by atoms with E-state index in [1.165, 1.54) is 18.2 Å². The first-order valence-electron chi connectivity index (χ1n) is 9.09. The topological polar surface area (TPSA) is 128 Å². The molecule has 1 fully saturated rings. The lowest BCUT2D eigenvalue weighted by atomic mass is 9.92. The second-order valence-corrected chi connectivity index (χ2v) is 8.15. The van der Waals surface area contributed by atoms with Gasteiger partial charge in [-0.05, 0) is 30.5 Å². The molecular formula is C19H24Cl2N2O6. The van der Waals surface area contributed by atoms with Gasteiger partial charge in [0.05, 0.1) is 35.9 Å². The molecule has 2 rings (SSSR count). The highest BCUT2D eigenvalue weighted by molar-refractivity contribution is 6.42. The monoisotopic (exact) mass is 446 g/mol. The van der Waals surface area contributed by atoms with Crippen LogP contribution in [0.15, 0.2) is 18.2 Å². The van der Waals surface area contributed by atoms with Gasteiger partial charge in [0.1, 0.15) is 6.04 Å². The first-order chi connectivity index (χ1) is 13.6. The van der Waals surface area contributed by atoms with Crippen LogP contribution in [-0.4, -0.2) is 65.3 Å². The van der Waals surface area contributed by atoms with Gasteiger partial charge in [-0.25, -0.2) is 0 Å². The number of halogens is 2. The lowest BCUT2D eigenvalue weighted by Crippen LogP contribution is -2.55. The summed E-state index contributed by atoms with van der Waals surface area (Å²) in [6.45, 7) is 2.68. The maximum atomic E-state index is 12.7. The highest BCUT2D eigenvalue weighted by atomic mass is 35.5. The van der Waals surface area contributed by atoms with E-state index in [0.29, 0.717) is 6.42 Å². The summed E-state index contributed by atoms with van der Waals surface area (Å²) in [6.07, 6.45) is 0.314. The summed E-state index contributed by atoms with van der Waals surface area (Å²) in [5.74, 6) is -1.73. The molecule has 1 aromatic rings. The van der Waals surface area contributed by atoms with E-state index in [-0.39, 0.29) is 28.1 Å². The van der Waals surface area contributed by atoms with Crippen molar-refractivity contribution in [1.82, 2.24) is 10.6 Å². The molecule has 1 aromatic carbocycles. The van der Waals surface area contributed by atoms with Crippen molar-refractivity contribution in [2.75, 3.05) is 19.8 Å². The molecule has 0 bridgehead atoms. The van der Waals surface area contributed by atoms with Crippen molar-refractivity contribution in [3.63, 3.8) is 0 Å². The van der Waals surface area contributed by atoms with Crippen LogP contribution in [-0.2, 0) is 14.3 Å². The Hall–Kier alpha value is -1.71. The summed E-state index contributed by atoms with van der Waals surface area (Å²) in [4.78, 5) is 37.7. The molecule has 1 aliphatic rings. The molecule has 0 aromatic heterocycles. The third-order valence-electron chi connectivity index (χ3n) is 4.52. The van der Waals surface area contributed by atoms with E-state index in [0.717, 1.165) is 0 Å². The zero-order valence-corrected chi connectivity index (χ0v) is 17.6. The number of benzene rings is 1. The van der Waals surface area contributed by atoms with Gasteiger partial charge in [-0.15, -0.1) is 0 Å². The minimum Gasteiger partial charge on any atom is -0.394 e. The van der Waals surface area contributed by atoms with E-state index in [9.17, 15) is 24.6 Å². The fourth-order valence-corrected chi connectivity index (χ4v) is 3.06. The Morgan fingerprint density at radius 1 is 1.14 bits per heavy atom. The second-order valence-electron chi connectivity index (χ2n) is 7.33. The van der Waals surface area contributed by atoms with Gasteiger partial charge in [-0.1, -0.05) is 37.0 Å². The van der Waals surface area contributed by atoms with Crippen molar-refractivity contribution in [3.8, 4) is 0 Å². The number of ether oxygens (including phenoxy) is 1. The average Bonchev–Trinajstić information content (AvgIpc) is 3.47. The lowest BCUT2D eigenvalue weighted by Gasteiger charge is -2.24. The number of Topliss-reactive ketones (excluding diaryl/α,β-unsaturated/α-hetero) is 1. The summed E-state index contributed by atoms with van der Waals surface area (Å²) >= 11 is 11.7. The predicted octanol–water partition coefficient (Wildman–Crippen LogP) is 0.945. The maximum absolute atomic E-state index is 12.7. The molecule has 0 saturated carbocycles. The molecule has 0 spiro atoms. The molecule has 2 amide bonds. The quantitative estimate of drug-likeness (QED) is 0.396. The number of nitrogens with one attached hydrogen (secondary N) is 2. The molecule has 1 aliphatic heterocycles. The van der Waals surface area contributed by atoms with Crippen molar-refractivity contribution < 1.29 is 29.3 Å². The van der Waals surface area contributed by atoms with E-state index < -0.39 is 48.5 Å². The van der Waals surface area contributed by atoms with Gasteiger partial charge in [-0.2, -0.15) is 0 Å². The summed E-state index contributed by atoms with van der Waals surface area (Å²) in [7, 11) is 0. The third-order valence-corrected chi connectivity index (χ3v) is 5.26. The molecule has 3 atom stereocenters. The largest absolute Gasteiger partial charge is 0.394 e.